The first-order valence-electron chi connectivity index (χ1n) is 11.5. The smallest absolute Gasteiger partial charge is 0.393 e. The number of rotatable bonds is 3. The maximum absolute atomic E-state index is 13.8. The van der Waals surface area contributed by atoms with Crippen LogP contribution in [0, 0.1) is 11.3 Å². The second kappa shape index (κ2) is 8.27. The zero-order valence-electron chi connectivity index (χ0n) is 18.4. The number of aliphatic hydroxyl groups is 1. The fraction of sp³-hybridized carbons (Fsp3) is 0.565. The van der Waals surface area contributed by atoms with Gasteiger partial charge < -0.3 is 14.9 Å². The lowest BCUT2D eigenvalue weighted by Gasteiger charge is -2.41. The maximum Gasteiger partial charge on any atom is 0.433 e. The van der Waals surface area contributed by atoms with Crippen LogP contribution in [-0.4, -0.2) is 68.1 Å². The minimum Gasteiger partial charge on any atom is -0.393 e. The van der Waals surface area contributed by atoms with Gasteiger partial charge >= 0.3 is 6.18 Å². The van der Waals surface area contributed by atoms with Gasteiger partial charge in [-0.25, -0.2) is 4.52 Å². The Balaban J connectivity index is 1.44. The summed E-state index contributed by atoms with van der Waals surface area (Å²) >= 11 is 0. The summed E-state index contributed by atoms with van der Waals surface area (Å²) in [5, 5.41) is 23.3. The molecular formula is C23H24F3N5O3. The molecule has 2 saturated carbocycles. The van der Waals surface area contributed by atoms with Crippen molar-refractivity contribution in [3.05, 3.63) is 34.6 Å². The number of hydrogen-bond acceptors (Lipinski definition) is 5. The summed E-state index contributed by atoms with van der Waals surface area (Å²) in [5.41, 5.74) is -1.18. The molecule has 11 heteroatoms. The lowest BCUT2D eigenvalue weighted by molar-refractivity contribution is -0.142. The van der Waals surface area contributed by atoms with Crippen LogP contribution in [0.5, 0.6) is 0 Å². The Morgan fingerprint density at radius 1 is 1.12 bits per heavy atom. The molecule has 2 aliphatic carbocycles. The monoisotopic (exact) mass is 475 g/mol. The minimum atomic E-state index is -4.71. The van der Waals surface area contributed by atoms with Gasteiger partial charge in [-0.1, -0.05) is 0 Å². The molecule has 3 aliphatic rings. The first kappa shape index (κ1) is 22.7. The first-order valence-corrected chi connectivity index (χ1v) is 11.5. The molecule has 0 bridgehead atoms. The molecule has 0 spiro atoms. The molecule has 3 fully saturated rings. The summed E-state index contributed by atoms with van der Waals surface area (Å²) in [7, 11) is 0. The van der Waals surface area contributed by atoms with Crippen molar-refractivity contribution in [3.63, 3.8) is 0 Å². The molecule has 1 saturated heterocycles. The van der Waals surface area contributed by atoms with Gasteiger partial charge in [0.15, 0.2) is 5.69 Å². The minimum absolute atomic E-state index is 0.00760. The Labute approximate surface area is 193 Å². The fourth-order valence-electron chi connectivity index (χ4n) is 5.05. The lowest BCUT2D eigenvalue weighted by atomic mass is 9.91. The van der Waals surface area contributed by atoms with E-state index in [4.69, 9.17) is 0 Å². The number of piperazine rings is 1. The van der Waals surface area contributed by atoms with Gasteiger partial charge in [0.25, 0.3) is 5.91 Å². The second-order valence-electron chi connectivity index (χ2n) is 9.35. The molecule has 1 aliphatic heterocycles. The number of aliphatic hydroxyl groups excluding tert-OH is 1. The number of nitriles is 1. The van der Waals surface area contributed by atoms with E-state index in [1.807, 2.05) is 6.07 Å². The third kappa shape index (κ3) is 4.00. The van der Waals surface area contributed by atoms with Crippen molar-refractivity contribution < 1.29 is 27.9 Å². The molecule has 34 heavy (non-hydrogen) atoms. The number of hydrogen-bond donors (Lipinski definition) is 1. The van der Waals surface area contributed by atoms with Crippen LogP contribution < -0.4 is 0 Å². The van der Waals surface area contributed by atoms with Crippen molar-refractivity contribution in [3.8, 4) is 6.07 Å². The van der Waals surface area contributed by atoms with Crippen molar-refractivity contribution in [2.45, 2.75) is 62.8 Å². The third-order valence-corrected chi connectivity index (χ3v) is 7.06. The highest BCUT2D eigenvalue weighted by atomic mass is 19.4. The van der Waals surface area contributed by atoms with Crippen LogP contribution >= 0.6 is 0 Å². The van der Waals surface area contributed by atoms with Crippen molar-refractivity contribution in [1.29, 1.82) is 5.26 Å². The second-order valence-corrected chi connectivity index (χ2v) is 9.35. The van der Waals surface area contributed by atoms with E-state index in [1.165, 1.54) is 11.0 Å². The standard InChI is InChI=1S/C23H24F3N5O3/c24-23(25,26)19-10-14(13-1-2-13)9-18-17(11-27)21(28-31(18)19)22(34)29-7-8-30(20(33)12-29)15-3-5-16(32)6-4-15/h9-10,13,15-16,32H,1-8,12H2. The molecule has 5 rings (SSSR count). The van der Waals surface area contributed by atoms with Crippen LogP contribution in [-0.2, 0) is 11.0 Å². The molecule has 2 aromatic heterocycles. The van der Waals surface area contributed by atoms with Gasteiger partial charge in [0.1, 0.15) is 23.9 Å². The van der Waals surface area contributed by atoms with E-state index >= 15 is 0 Å². The number of fused-ring (bicyclic) bond motifs is 1. The summed E-state index contributed by atoms with van der Waals surface area (Å²) in [4.78, 5) is 29.0. The van der Waals surface area contributed by atoms with E-state index in [1.54, 1.807) is 4.90 Å². The number of carbonyl (C=O) groups excluding carboxylic acids is 2. The molecular weight excluding hydrogens is 451 g/mol. The zero-order chi connectivity index (χ0) is 24.2. The first-order chi connectivity index (χ1) is 16.2. The van der Waals surface area contributed by atoms with Gasteiger partial charge in [0, 0.05) is 19.1 Å². The highest BCUT2D eigenvalue weighted by molar-refractivity contribution is 5.99. The summed E-state index contributed by atoms with van der Waals surface area (Å²) < 4.78 is 41.9. The van der Waals surface area contributed by atoms with Crippen LogP contribution in [0.3, 0.4) is 0 Å². The Hall–Kier alpha value is -3.13. The maximum atomic E-state index is 13.8. The van der Waals surface area contributed by atoms with Gasteiger partial charge in [-0.15, -0.1) is 0 Å². The van der Waals surface area contributed by atoms with Gasteiger partial charge in [-0.2, -0.15) is 23.5 Å². The number of pyridine rings is 1. The van der Waals surface area contributed by atoms with Crippen LogP contribution in [0.25, 0.3) is 5.52 Å². The fourth-order valence-corrected chi connectivity index (χ4v) is 5.05. The number of halogens is 3. The quantitative estimate of drug-likeness (QED) is 0.736. The highest BCUT2D eigenvalue weighted by Gasteiger charge is 2.39. The topological polar surface area (TPSA) is 102 Å². The Morgan fingerprint density at radius 2 is 1.82 bits per heavy atom. The summed E-state index contributed by atoms with van der Waals surface area (Å²) in [6.45, 7) is 0.262. The SMILES string of the molecule is N#Cc1c(C(=O)N2CCN(C3CCC(O)CC3)C(=O)C2)nn2c(C(F)(F)F)cc(C3CC3)cc12. The molecule has 1 N–H and O–H groups in total. The largest absolute Gasteiger partial charge is 0.433 e. The molecule has 0 aromatic carbocycles. The van der Waals surface area contributed by atoms with Gasteiger partial charge in [0.05, 0.1) is 11.6 Å². The zero-order valence-corrected chi connectivity index (χ0v) is 18.4. The Kier molecular flexibility index (Phi) is 5.51. The van der Waals surface area contributed by atoms with Gasteiger partial charge in [-0.05, 0) is 62.1 Å². The molecule has 0 unspecified atom stereocenters. The predicted molar refractivity (Wildman–Crippen MR) is 113 cm³/mol. The van der Waals surface area contributed by atoms with Crippen LogP contribution in [0.15, 0.2) is 12.1 Å². The van der Waals surface area contributed by atoms with E-state index in [0.717, 1.165) is 18.9 Å². The number of carbonyl (C=O) groups is 2. The Bertz CT molecular complexity index is 1190. The van der Waals surface area contributed by atoms with Gasteiger partial charge in [0.2, 0.25) is 5.91 Å². The number of alkyl halides is 3. The molecule has 3 heterocycles. The molecule has 8 nitrogen and oxygen atoms in total. The average Bonchev–Trinajstić information content (AvgIpc) is 3.58. The molecule has 180 valence electrons. The number of nitrogens with zero attached hydrogens (tertiary/aromatic N) is 5. The number of amides is 2. The molecule has 0 radical (unpaired) electrons. The van der Waals surface area contributed by atoms with E-state index in [9.17, 15) is 33.1 Å². The summed E-state index contributed by atoms with van der Waals surface area (Å²) in [6, 6.07) is 4.42. The highest BCUT2D eigenvalue weighted by Crippen LogP contribution is 2.43. The summed E-state index contributed by atoms with van der Waals surface area (Å²) in [5.74, 6) is -0.970. The molecule has 2 amide bonds. The van der Waals surface area contributed by atoms with E-state index in [-0.39, 0.29) is 53.8 Å². The predicted octanol–water partition coefficient (Wildman–Crippen LogP) is 2.69. The van der Waals surface area contributed by atoms with Crippen molar-refractivity contribution >= 4 is 17.3 Å². The number of aromatic nitrogens is 2. The van der Waals surface area contributed by atoms with Crippen molar-refractivity contribution in [2.75, 3.05) is 19.6 Å². The summed E-state index contributed by atoms with van der Waals surface area (Å²) in [6.07, 6.45) is -0.885. The van der Waals surface area contributed by atoms with Crippen molar-refractivity contribution in [1.82, 2.24) is 19.4 Å². The normalized spacial score (nSPS) is 23.9. The van der Waals surface area contributed by atoms with Crippen LogP contribution in [0.1, 0.15) is 71.8 Å². The van der Waals surface area contributed by atoms with E-state index in [0.29, 0.717) is 42.3 Å². The van der Waals surface area contributed by atoms with Crippen LogP contribution in [0.2, 0.25) is 0 Å². The molecule has 2 aromatic rings. The lowest BCUT2D eigenvalue weighted by Crippen LogP contribution is -2.56. The third-order valence-electron chi connectivity index (χ3n) is 7.06. The molecule has 0 atom stereocenters. The van der Waals surface area contributed by atoms with Gasteiger partial charge in [-0.3, -0.25) is 9.59 Å². The Morgan fingerprint density at radius 3 is 2.41 bits per heavy atom. The average molecular weight is 475 g/mol. The van der Waals surface area contributed by atoms with E-state index in [2.05, 4.69) is 5.10 Å². The van der Waals surface area contributed by atoms with Crippen molar-refractivity contribution in [2.24, 2.45) is 0 Å². The van der Waals surface area contributed by atoms with Crippen LogP contribution in [0.4, 0.5) is 13.2 Å². The van der Waals surface area contributed by atoms with E-state index < -0.39 is 17.8 Å².